The lowest BCUT2D eigenvalue weighted by Gasteiger charge is -2.20. The van der Waals surface area contributed by atoms with Crippen molar-refractivity contribution in [3.05, 3.63) is 59.7 Å². The molecular weight excluding hydrogens is 380 g/mol. The van der Waals surface area contributed by atoms with Crippen LogP contribution < -0.4 is 15.0 Å². The highest BCUT2D eigenvalue weighted by atomic mass is 16.6. The third-order valence-corrected chi connectivity index (χ3v) is 4.70. The molecule has 6 nitrogen and oxygen atoms in total. The highest BCUT2D eigenvalue weighted by molar-refractivity contribution is 5.96. The highest BCUT2D eigenvalue weighted by Crippen LogP contribution is 2.31. The molecule has 0 fully saturated rings. The van der Waals surface area contributed by atoms with E-state index in [1.807, 2.05) is 69.3 Å². The van der Waals surface area contributed by atoms with Gasteiger partial charge in [-0.05, 0) is 56.5 Å². The standard InChI is InChI=1S/C24H30N2O4/c1-24(2,3)30-23(28)11-13-25-16-22(27)26-14-12-19-15-20(9-10-21(19)26)29-17-18-7-5-4-6-8-18/h4-10,15,25H,11-14,16-17H2,1-3H3. The number of hydrogen-bond donors (Lipinski definition) is 1. The summed E-state index contributed by atoms with van der Waals surface area (Å²) in [7, 11) is 0. The van der Waals surface area contributed by atoms with Gasteiger partial charge < -0.3 is 19.7 Å². The molecule has 6 heteroatoms. The second-order valence-corrected chi connectivity index (χ2v) is 8.37. The predicted octanol–water partition coefficient (Wildman–Crippen LogP) is 3.48. The Kier molecular flexibility index (Phi) is 7.11. The lowest BCUT2D eigenvalue weighted by Crippen LogP contribution is -2.38. The molecule has 2 aromatic carbocycles. The van der Waals surface area contributed by atoms with Crippen molar-refractivity contribution < 1.29 is 19.1 Å². The summed E-state index contributed by atoms with van der Waals surface area (Å²) in [6, 6.07) is 15.9. The van der Waals surface area contributed by atoms with Crippen molar-refractivity contribution in [3.63, 3.8) is 0 Å². The Morgan fingerprint density at radius 1 is 1.10 bits per heavy atom. The average molecular weight is 411 g/mol. The number of fused-ring (bicyclic) bond motifs is 1. The summed E-state index contributed by atoms with van der Waals surface area (Å²) in [6.45, 7) is 7.29. The first-order valence-corrected chi connectivity index (χ1v) is 10.3. The summed E-state index contributed by atoms with van der Waals surface area (Å²) in [5, 5.41) is 3.04. The maximum absolute atomic E-state index is 12.6. The Morgan fingerprint density at radius 2 is 1.87 bits per heavy atom. The van der Waals surface area contributed by atoms with Crippen molar-refractivity contribution in [2.24, 2.45) is 0 Å². The van der Waals surface area contributed by atoms with Gasteiger partial charge in [-0.25, -0.2) is 0 Å². The van der Waals surface area contributed by atoms with Crippen molar-refractivity contribution >= 4 is 17.6 Å². The molecule has 0 unspecified atom stereocenters. The van der Waals surface area contributed by atoms with Crippen LogP contribution in [0.1, 0.15) is 38.3 Å². The molecule has 2 aromatic rings. The number of esters is 1. The van der Waals surface area contributed by atoms with Crippen molar-refractivity contribution in [1.82, 2.24) is 5.32 Å². The van der Waals surface area contributed by atoms with Gasteiger partial charge in [-0.15, -0.1) is 0 Å². The van der Waals surface area contributed by atoms with E-state index in [1.165, 1.54) is 0 Å². The fraction of sp³-hybridized carbons (Fsp3) is 0.417. The molecule has 3 rings (SSSR count). The van der Waals surface area contributed by atoms with Gasteiger partial charge in [-0.1, -0.05) is 30.3 Å². The summed E-state index contributed by atoms with van der Waals surface area (Å²) < 4.78 is 11.2. The molecule has 1 amide bonds. The number of carbonyl (C=O) groups is 2. The fourth-order valence-electron chi connectivity index (χ4n) is 3.34. The predicted molar refractivity (Wildman–Crippen MR) is 117 cm³/mol. The van der Waals surface area contributed by atoms with Gasteiger partial charge in [0.25, 0.3) is 0 Å². The summed E-state index contributed by atoms with van der Waals surface area (Å²) in [4.78, 5) is 26.1. The number of hydrogen-bond acceptors (Lipinski definition) is 5. The van der Waals surface area contributed by atoms with Crippen molar-refractivity contribution in [3.8, 4) is 5.75 Å². The summed E-state index contributed by atoms with van der Waals surface area (Å²) in [5.74, 6) is 0.537. The molecular formula is C24H30N2O4. The molecule has 1 aliphatic heterocycles. The first-order valence-electron chi connectivity index (χ1n) is 10.3. The second kappa shape index (κ2) is 9.76. The van der Waals surface area contributed by atoms with Gasteiger partial charge in [-0.2, -0.15) is 0 Å². The minimum absolute atomic E-state index is 0.00380. The lowest BCUT2D eigenvalue weighted by molar-refractivity contribution is -0.154. The number of anilines is 1. The summed E-state index contributed by atoms with van der Waals surface area (Å²) in [6.07, 6.45) is 1.05. The lowest BCUT2D eigenvalue weighted by atomic mass is 10.1. The van der Waals surface area contributed by atoms with Crippen LogP contribution in [0.3, 0.4) is 0 Å². The number of nitrogens with one attached hydrogen (secondary N) is 1. The zero-order chi connectivity index (χ0) is 21.6. The molecule has 0 spiro atoms. The zero-order valence-electron chi connectivity index (χ0n) is 17.9. The number of nitrogens with zero attached hydrogens (tertiary/aromatic N) is 1. The van der Waals surface area contributed by atoms with E-state index in [0.29, 0.717) is 19.7 Å². The fourth-order valence-corrected chi connectivity index (χ4v) is 3.34. The molecule has 1 aliphatic rings. The molecule has 0 atom stereocenters. The molecule has 0 bridgehead atoms. The average Bonchev–Trinajstić information content (AvgIpc) is 3.12. The van der Waals surface area contributed by atoms with Gasteiger partial charge in [0.2, 0.25) is 5.91 Å². The zero-order valence-corrected chi connectivity index (χ0v) is 17.9. The van der Waals surface area contributed by atoms with Crippen LogP contribution in [0.25, 0.3) is 0 Å². The van der Waals surface area contributed by atoms with Crippen molar-refractivity contribution in [2.45, 2.75) is 45.8 Å². The molecule has 0 radical (unpaired) electrons. The van der Waals surface area contributed by atoms with Gasteiger partial charge in [0.1, 0.15) is 18.0 Å². The van der Waals surface area contributed by atoms with Crippen LogP contribution in [0.2, 0.25) is 0 Å². The minimum atomic E-state index is -0.490. The number of amides is 1. The summed E-state index contributed by atoms with van der Waals surface area (Å²) in [5.41, 5.74) is 2.67. The molecule has 0 aliphatic carbocycles. The Labute approximate surface area is 178 Å². The Morgan fingerprint density at radius 3 is 2.60 bits per heavy atom. The Balaban J connectivity index is 1.46. The van der Waals surface area contributed by atoms with Crippen LogP contribution in [-0.2, 0) is 27.4 Å². The van der Waals surface area contributed by atoms with E-state index in [9.17, 15) is 9.59 Å². The number of ether oxygens (including phenoxy) is 2. The number of rotatable bonds is 8. The SMILES string of the molecule is CC(C)(C)OC(=O)CCNCC(=O)N1CCc2cc(OCc3ccccc3)ccc21. The van der Waals surface area contributed by atoms with E-state index in [2.05, 4.69) is 5.32 Å². The van der Waals surface area contributed by atoms with Gasteiger partial charge in [0, 0.05) is 18.8 Å². The van der Waals surface area contributed by atoms with Crippen LogP contribution in [0.5, 0.6) is 5.75 Å². The minimum Gasteiger partial charge on any atom is -0.489 e. The molecule has 1 N–H and O–H groups in total. The van der Waals surface area contributed by atoms with E-state index in [-0.39, 0.29) is 24.8 Å². The Bertz CT molecular complexity index is 875. The van der Waals surface area contributed by atoms with Gasteiger partial charge in [0.15, 0.2) is 0 Å². The van der Waals surface area contributed by atoms with Crippen molar-refractivity contribution in [2.75, 3.05) is 24.5 Å². The molecule has 0 saturated carbocycles. The Hall–Kier alpha value is -2.86. The topological polar surface area (TPSA) is 67.9 Å². The van der Waals surface area contributed by atoms with Crippen molar-refractivity contribution in [1.29, 1.82) is 0 Å². The molecule has 160 valence electrons. The highest BCUT2D eigenvalue weighted by Gasteiger charge is 2.24. The third kappa shape index (κ3) is 6.32. The van der Waals surface area contributed by atoms with Crippen LogP contribution in [0, 0.1) is 0 Å². The second-order valence-electron chi connectivity index (χ2n) is 8.37. The first-order chi connectivity index (χ1) is 14.3. The smallest absolute Gasteiger partial charge is 0.307 e. The van der Waals surface area contributed by atoms with Crippen LogP contribution in [0.15, 0.2) is 48.5 Å². The monoisotopic (exact) mass is 410 g/mol. The molecule has 0 saturated heterocycles. The van der Waals surface area contributed by atoms with E-state index in [0.717, 1.165) is 29.0 Å². The van der Waals surface area contributed by atoms with E-state index in [4.69, 9.17) is 9.47 Å². The van der Waals surface area contributed by atoms with Gasteiger partial charge >= 0.3 is 5.97 Å². The maximum Gasteiger partial charge on any atom is 0.307 e. The quantitative estimate of drug-likeness (QED) is 0.533. The summed E-state index contributed by atoms with van der Waals surface area (Å²) >= 11 is 0. The normalized spacial score (nSPS) is 13.1. The number of carbonyl (C=O) groups excluding carboxylic acids is 2. The first kappa shape index (κ1) is 21.8. The molecule has 1 heterocycles. The molecule has 30 heavy (non-hydrogen) atoms. The van der Waals surface area contributed by atoms with Crippen LogP contribution in [0.4, 0.5) is 5.69 Å². The van der Waals surface area contributed by atoms with E-state index in [1.54, 1.807) is 4.90 Å². The van der Waals surface area contributed by atoms with Gasteiger partial charge in [0.05, 0.1) is 13.0 Å². The van der Waals surface area contributed by atoms with E-state index < -0.39 is 5.60 Å². The third-order valence-electron chi connectivity index (χ3n) is 4.70. The number of benzene rings is 2. The maximum atomic E-state index is 12.6. The van der Waals surface area contributed by atoms with E-state index >= 15 is 0 Å². The largest absolute Gasteiger partial charge is 0.489 e. The van der Waals surface area contributed by atoms with Crippen LogP contribution >= 0.6 is 0 Å². The molecule has 0 aromatic heterocycles. The van der Waals surface area contributed by atoms with Gasteiger partial charge in [-0.3, -0.25) is 9.59 Å². The van der Waals surface area contributed by atoms with Crippen LogP contribution in [-0.4, -0.2) is 37.1 Å².